The molecule has 0 bridgehead atoms. The van der Waals surface area contributed by atoms with Gasteiger partial charge in [0, 0.05) is 12.6 Å². The van der Waals surface area contributed by atoms with Gasteiger partial charge in [0.2, 0.25) is 0 Å². The lowest BCUT2D eigenvalue weighted by atomic mass is 10.1. The second-order valence-electron chi connectivity index (χ2n) is 3.80. The van der Waals surface area contributed by atoms with Crippen molar-refractivity contribution in [2.45, 2.75) is 0 Å². The zero-order valence-corrected chi connectivity index (χ0v) is 9.49. The summed E-state index contributed by atoms with van der Waals surface area (Å²) in [6, 6.07) is 5.22. The number of hydrogen-bond acceptors (Lipinski definition) is 6. The van der Waals surface area contributed by atoms with Gasteiger partial charge in [0.25, 0.3) is 0 Å². The van der Waals surface area contributed by atoms with Crippen molar-refractivity contribution in [3.63, 3.8) is 0 Å². The van der Waals surface area contributed by atoms with E-state index in [0.717, 1.165) is 5.56 Å². The maximum absolute atomic E-state index is 11.4. The Labute approximate surface area is 101 Å². The Hall–Kier alpha value is -2.70. The number of aryl methyl sites for hydroxylation is 1. The van der Waals surface area contributed by atoms with Gasteiger partial charge in [-0.2, -0.15) is 0 Å². The van der Waals surface area contributed by atoms with Crippen LogP contribution in [0.1, 0.15) is 0 Å². The largest absolute Gasteiger partial charge is 0.419 e. The van der Waals surface area contributed by atoms with Crippen LogP contribution < -0.4 is 11.5 Å². The molecule has 0 saturated carbocycles. The van der Waals surface area contributed by atoms with E-state index >= 15 is 0 Å². The minimum absolute atomic E-state index is 0.290. The molecule has 18 heavy (non-hydrogen) atoms. The molecule has 2 aromatic heterocycles. The molecule has 0 amide bonds. The third-order valence-electron chi connectivity index (χ3n) is 2.71. The number of nitrogens with two attached hydrogens (primary N) is 1. The normalized spacial score (nSPS) is 10.9. The van der Waals surface area contributed by atoms with Crippen molar-refractivity contribution in [1.82, 2.24) is 19.7 Å². The van der Waals surface area contributed by atoms with Gasteiger partial charge in [-0.15, -0.1) is 10.2 Å². The summed E-state index contributed by atoms with van der Waals surface area (Å²) in [5.41, 5.74) is 8.13. The lowest BCUT2D eigenvalue weighted by molar-refractivity contribution is 0.528. The number of benzene rings is 1. The first-order valence-electron chi connectivity index (χ1n) is 5.20. The first-order valence-corrected chi connectivity index (χ1v) is 5.20. The van der Waals surface area contributed by atoms with Crippen molar-refractivity contribution in [1.29, 1.82) is 0 Å². The summed E-state index contributed by atoms with van der Waals surface area (Å²) < 4.78 is 6.46. The first kappa shape index (κ1) is 10.5. The van der Waals surface area contributed by atoms with E-state index in [2.05, 4.69) is 15.2 Å². The molecule has 1 aromatic carbocycles. The number of rotatable bonds is 1. The number of aromatic nitrogens is 4. The van der Waals surface area contributed by atoms with Gasteiger partial charge in [0.05, 0.1) is 5.52 Å². The van der Waals surface area contributed by atoms with Crippen molar-refractivity contribution in [3.8, 4) is 11.3 Å². The van der Waals surface area contributed by atoms with Gasteiger partial charge < -0.3 is 10.2 Å². The molecule has 7 nitrogen and oxygen atoms in total. The second kappa shape index (κ2) is 3.66. The van der Waals surface area contributed by atoms with E-state index < -0.39 is 5.76 Å². The minimum Gasteiger partial charge on any atom is -0.408 e. The molecule has 0 aliphatic heterocycles. The van der Waals surface area contributed by atoms with E-state index in [4.69, 9.17) is 10.2 Å². The standard InChI is InChI=1S/C11H9N5O2/c1-16-7-4-6(2-3-8(7)18-11(16)17)9-10(12)13-5-14-15-9/h2-5H,1H3,(H2,12,13,14). The average molecular weight is 243 g/mol. The number of oxazole rings is 1. The van der Waals surface area contributed by atoms with Crippen LogP contribution in [0.4, 0.5) is 5.82 Å². The number of anilines is 1. The summed E-state index contributed by atoms with van der Waals surface area (Å²) in [5.74, 6) is -0.120. The van der Waals surface area contributed by atoms with E-state index in [1.807, 2.05) is 0 Å². The van der Waals surface area contributed by atoms with E-state index in [0.29, 0.717) is 16.8 Å². The van der Waals surface area contributed by atoms with E-state index in [1.54, 1.807) is 25.2 Å². The molecular weight excluding hydrogens is 234 g/mol. The molecule has 0 aliphatic rings. The molecule has 0 fully saturated rings. The van der Waals surface area contributed by atoms with Crippen LogP contribution >= 0.6 is 0 Å². The predicted octanol–water partition coefficient (Wildman–Crippen LogP) is 0.566. The van der Waals surface area contributed by atoms with Crippen LogP contribution in [0.5, 0.6) is 0 Å². The highest BCUT2D eigenvalue weighted by Gasteiger charge is 2.10. The molecule has 90 valence electrons. The molecule has 0 radical (unpaired) electrons. The molecule has 3 aromatic rings. The smallest absolute Gasteiger partial charge is 0.408 e. The van der Waals surface area contributed by atoms with Crippen molar-refractivity contribution in [3.05, 3.63) is 35.1 Å². The van der Waals surface area contributed by atoms with Crippen molar-refractivity contribution < 1.29 is 4.42 Å². The van der Waals surface area contributed by atoms with E-state index in [-0.39, 0.29) is 5.82 Å². The Morgan fingerprint density at radius 1 is 1.39 bits per heavy atom. The Morgan fingerprint density at radius 2 is 2.22 bits per heavy atom. The summed E-state index contributed by atoms with van der Waals surface area (Å²) in [6.07, 6.45) is 1.28. The van der Waals surface area contributed by atoms with Gasteiger partial charge in [0.15, 0.2) is 11.4 Å². The van der Waals surface area contributed by atoms with E-state index in [1.165, 1.54) is 10.9 Å². The summed E-state index contributed by atoms with van der Waals surface area (Å²) in [4.78, 5) is 15.3. The number of fused-ring (bicyclic) bond motifs is 1. The Kier molecular flexibility index (Phi) is 2.12. The molecular formula is C11H9N5O2. The fourth-order valence-corrected chi connectivity index (χ4v) is 1.76. The lowest BCUT2D eigenvalue weighted by Gasteiger charge is -2.02. The van der Waals surface area contributed by atoms with Crippen molar-refractivity contribution in [2.75, 3.05) is 5.73 Å². The Morgan fingerprint density at radius 3 is 3.00 bits per heavy atom. The highest BCUT2D eigenvalue weighted by atomic mass is 16.4. The zero-order valence-electron chi connectivity index (χ0n) is 9.49. The SMILES string of the molecule is Cn1c(=O)oc2ccc(-c3nncnc3N)cc21. The fraction of sp³-hybridized carbons (Fsp3) is 0.0909. The third kappa shape index (κ3) is 1.45. The van der Waals surface area contributed by atoms with Crippen LogP contribution in [-0.2, 0) is 7.05 Å². The molecule has 0 spiro atoms. The Bertz CT molecular complexity index is 789. The highest BCUT2D eigenvalue weighted by Crippen LogP contribution is 2.24. The van der Waals surface area contributed by atoms with Crippen LogP contribution in [0, 0.1) is 0 Å². The number of nitrogen functional groups attached to an aromatic ring is 1. The third-order valence-corrected chi connectivity index (χ3v) is 2.71. The molecule has 0 atom stereocenters. The maximum atomic E-state index is 11.4. The van der Waals surface area contributed by atoms with Crippen LogP contribution in [-0.4, -0.2) is 19.7 Å². The Balaban J connectivity index is 2.28. The molecule has 3 rings (SSSR count). The van der Waals surface area contributed by atoms with Gasteiger partial charge in [0.1, 0.15) is 12.0 Å². The second-order valence-corrected chi connectivity index (χ2v) is 3.80. The predicted molar refractivity (Wildman–Crippen MR) is 64.7 cm³/mol. The topological polar surface area (TPSA) is 99.8 Å². The minimum atomic E-state index is -0.410. The van der Waals surface area contributed by atoms with Crippen LogP contribution in [0.3, 0.4) is 0 Å². The van der Waals surface area contributed by atoms with Crippen LogP contribution in [0.25, 0.3) is 22.4 Å². The average Bonchev–Trinajstić information content (AvgIpc) is 2.66. The van der Waals surface area contributed by atoms with Gasteiger partial charge in [-0.3, -0.25) is 4.57 Å². The molecule has 7 heteroatoms. The number of nitrogens with zero attached hydrogens (tertiary/aromatic N) is 4. The summed E-state index contributed by atoms with van der Waals surface area (Å²) in [5, 5.41) is 7.63. The highest BCUT2D eigenvalue weighted by molar-refractivity contribution is 5.81. The zero-order chi connectivity index (χ0) is 12.7. The molecule has 2 N–H and O–H groups in total. The summed E-state index contributed by atoms with van der Waals surface area (Å²) >= 11 is 0. The van der Waals surface area contributed by atoms with Gasteiger partial charge in [-0.25, -0.2) is 9.78 Å². The van der Waals surface area contributed by atoms with Crippen molar-refractivity contribution in [2.24, 2.45) is 7.05 Å². The quantitative estimate of drug-likeness (QED) is 0.670. The molecule has 0 unspecified atom stereocenters. The van der Waals surface area contributed by atoms with Crippen LogP contribution in [0.15, 0.2) is 33.7 Å². The van der Waals surface area contributed by atoms with E-state index in [9.17, 15) is 4.79 Å². The monoisotopic (exact) mass is 243 g/mol. The van der Waals surface area contributed by atoms with Gasteiger partial charge in [-0.05, 0) is 18.2 Å². The lowest BCUT2D eigenvalue weighted by Crippen LogP contribution is -2.08. The molecule has 2 heterocycles. The molecule has 0 saturated heterocycles. The number of hydrogen-bond donors (Lipinski definition) is 1. The maximum Gasteiger partial charge on any atom is 0.419 e. The first-order chi connectivity index (χ1) is 8.66. The van der Waals surface area contributed by atoms with Crippen LogP contribution in [0.2, 0.25) is 0 Å². The van der Waals surface area contributed by atoms with Gasteiger partial charge in [-0.1, -0.05) is 0 Å². The summed E-state index contributed by atoms with van der Waals surface area (Å²) in [6.45, 7) is 0. The molecule has 0 aliphatic carbocycles. The fourth-order valence-electron chi connectivity index (χ4n) is 1.76. The summed E-state index contributed by atoms with van der Waals surface area (Å²) in [7, 11) is 1.64. The van der Waals surface area contributed by atoms with Crippen molar-refractivity contribution >= 4 is 16.9 Å². The van der Waals surface area contributed by atoms with Gasteiger partial charge >= 0.3 is 5.76 Å².